The van der Waals surface area contributed by atoms with E-state index in [0.717, 1.165) is 70.0 Å². The van der Waals surface area contributed by atoms with E-state index in [1.165, 1.54) is 0 Å². The maximum atomic E-state index is 9.00. The van der Waals surface area contributed by atoms with Crippen LogP contribution in [0.4, 0.5) is 0 Å². The number of ether oxygens (including phenoxy) is 1. The molecule has 0 unspecified atom stereocenters. The molecule has 2 heterocycles. The van der Waals surface area contributed by atoms with Crippen molar-refractivity contribution in [3.8, 4) is 0 Å². The van der Waals surface area contributed by atoms with Gasteiger partial charge in [-0.05, 0) is 7.05 Å². The Balaban J connectivity index is 0.000000662. The van der Waals surface area contributed by atoms with Crippen LogP contribution in [0.3, 0.4) is 0 Å². The number of aliphatic carboxylic acids is 2. The molecule has 0 saturated carbocycles. The van der Waals surface area contributed by atoms with E-state index in [9.17, 15) is 0 Å². The van der Waals surface area contributed by atoms with Crippen molar-refractivity contribution in [1.82, 2.24) is 25.0 Å². The Labute approximate surface area is 157 Å². The normalized spacial score (nSPS) is 13.8. The highest BCUT2D eigenvalue weighted by Crippen LogP contribution is 2.15. The number of thioether (sulfide) groups is 1. The Kier molecular flexibility index (Phi) is 13.5. The summed E-state index contributed by atoms with van der Waals surface area (Å²) in [5.41, 5.74) is 0. The van der Waals surface area contributed by atoms with Crippen LogP contribution < -0.4 is 5.32 Å². The predicted octanol–water partition coefficient (Wildman–Crippen LogP) is 0.141. The second-order valence-corrected chi connectivity index (χ2v) is 6.39. The minimum atomic E-state index is -0.833. The molecule has 3 N–H and O–H groups in total. The molecule has 1 fully saturated rings. The van der Waals surface area contributed by atoms with E-state index in [2.05, 4.69) is 25.0 Å². The summed E-state index contributed by atoms with van der Waals surface area (Å²) >= 11 is 1.77. The SMILES string of the molecule is CC(=O)O.CC(=O)O.CNCc1nnc(SCCN2CCOCC2)n1C. The fraction of sp³-hybridized carbons (Fsp3) is 0.733. The lowest BCUT2D eigenvalue weighted by atomic mass is 10.4. The molecule has 10 nitrogen and oxygen atoms in total. The van der Waals surface area contributed by atoms with Gasteiger partial charge in [-0.1, -0.05) is 11.8 Å². The summed E-state index contributed by atoms with van der Waals surface area (Å²) in [5.74, 6) is 0.359. The van der Waals surface area contributed by atoms with Crippen LogP contribution in [0.1, 0.15) is 19.7 Å². The number of nitrogens with one attached hydrogen (secondary N) is 1. The Morgan fingerprint density at radius 3 is 2.23 bits per heavy atom. The second-order valence-electron chi connectivity index (χ2n) is 5.33. The lowest BCUT2D eigenvalue weighted by Crippen LogP contribution is -2.37. The third-order valence-corrected chi connectivity index (χ3v) is 4.00. The minimum absolute atomic E-state index is 0.757. The summed E-state index contributed by atoms with van der Waals surface area (Å²) in [5, 5.41) is 27.3. The standard InChI is InChI=1S/C11H21N5OS.2C2H4O2/c1-12-9-10-13-14-11(15(10)2)18-8-5-16-3-6-17-7-4-16;2*1-2(3)4/h12H,3-9H2,1-2H3;2*1H3,(H,3,4). The molecule has 1 aliphatic rings. The fourth-order valence-corrected chi connectivity index (χ4v) is 2.80. The highest BCUT2D eigenvalue weighted by atomic mass is 32.2. The molecule has 2 rings (SSSR count). The zero-order valence-electron chi connectivity index (χ0n) is 15.8. The molecule has 1 aromatic heterocycles. The lowest BCUT2D eigenvalue weighted by molar-refractivity contribution is -0.135. The highest BCUT2D eigenvalue weighted by molar-refractivity contribution is 7.99. The molecule has 0 aromatic carbocycles. The number of hydrogen-bond donors (Lipinski definition) is 3. The minimum Gasteiger partial charge on any atom is -0.481 e. The van der Waals surface area contributed by atoms with Crippen LogP contribution in [0.25, 0.3) is 0 Å². The molecule has 0 spiro atoms. The van der Waals surface area contributed by atoms with Crippen molar-refractivity contribution in [2.75, 3.05) is 45.6 Å². The second kappa shape index (κ2) is 14.5. The highest BCUT2D eigenvalue weighted by Gasteiger charge is 2.12. The van der Waals surface area contributed by atoms with Gasteiger partial charge in [0.1, 0.15) is 5.82 Å². The van der Waals surface area contributed by atoms with Crippen molar-refractivity contribution in [3.63, 3.8) is 0 Å². The monoisotopic (exact) mass is 391 g/mol. The summed E-state index contributed by atoms with van der Waals surface area (Å²) in [7, 11) is 3.93. The van der Waals surface area contributed by atoms with Gasteiger partial charge in [-0.3, -0.25) is 14.5 Å². The number of carbonyl (C=O) groups is 2. The summed E-state index contributed by atoms with van der Waals surface area (Å²) in [4.78, 5) is 20.4. The van der Waals surface area contributed by atoms with Crippen LogP contribution >= 0.6 is 11.8 Å². The molecule has 1 saturated heterocycles. The summed E-state index contributed by atoms with van der Waals surface area (Å²) in [6.45, 7) is 7.83. The van der Waals surface area contributed by atoms with Crippen LogP contribution in [0.5, 0.6) is 0 Å². The van der Waals surface area contributed by atoms with E-state index in [1.54, 1.807) is 11.8 Å². The molecular formula is C15H29N5O5S. The third-order valence-electron chi connectivity index (χ3n) is 3.00. The molecule has 0 amide bonds. The van der Waals surface area contributed by atoms with Crippen LogP contribution in [0, 0.1) is 0 Å². The third kappa shape index (κ3) is 12.6. The van der Waals surface area contributed by atoms with Gasteiger partial charge in [-0.15, -0.1) is 10.2 Å². The van der Waals surface area contributed by atoms with E-state index in [0.29, 0.717) is 0 Å². The summed E-state index contributed by atoms with van der Waals surface area (Å²) in [6.07, 6.45) is 0. The molecule has 11 heteroatoms. The molecule has 26 heavy (non-hydrogen) atoms. The number of aromatic nitrogens is 3. The Hall–Kier alpha value is -1.69. The topological polar surface area (TPSA) is 130 Å². The zero-order chi connectivity index (χ0) is 19.9. The molecule has 1 aliphatic heterocycles. The Morgan fingerprint density at radius 2 is 1.73 bits per heavy atom. The lowest BCUT2D eigenvalue weighted by Gasteiger charge is -2.26. The number of carboxylic acids is 2. The number of nitrogens with zero attached hydrogens (tertiary/aromatic N) is 4. The molecule has 0 aliphatic carbocycles. The van der Waals surface area contributed by atoms with Crippen molar-refractivity contribution in [2.45, 2.75) is 25.5 Å². The number of carboxylic acid groups (broad SMARTS) is 2. The van der Waals surface area contributed by atoms with Crippen LogP contribution in [0.15, 0.2) is 5.16 Å². The first kappa shape index (κ1) is 24.3. The first-order chi connectivity index (χ1) is 12.3. The predicted molar refractivity (Wildman–Crippen MR) is 98.4 cm³/mol. The Bertz CT molecular complexity index is 514. The summed E-state index contributed by atoms with van der Waals surface area (Å²) in [6, 6.07) is 0. The largest absolute Gasteiger partial charge is 0.481 e. The fourth-order valence-electron chi connectivity index (χ4n) is 1.87. The van der Waals surface area contributed by atoms with E-state index in [-0.39, 0.29) is 0 Å². The smallest absolute Gasteiger partial charge is 0.300 e. The maximum absolute atomic E-state index is 9.00. The van der Waals surface area contributed by atoms with E-state index in [1.807, 2.05) is 14.1 Å². The van der Waals surface area contributed by atoms with Gasteiger partial charge in [0, 0.05) is 46.3 Å². The van der Waals surface area contributed by atoms with Crippen molar-refractivity contribution in [2.24, 2.45) is 7.05 Å². The molecule has 0 radical (unpaired) electrons. The van der Waals surface area contributed by atoms with Gasteiger partial charge < -0.3 is 24.8 Å². The van der Waals surface area contributed by atoms with Crippen LogP contribution in [-0.4, -0.2) is 87.5 Å². The zero-order valence-corrected chi connectivity index (χ0v) is 16.6. The first-order valence-electron chi connectivity index (χ1n) is 8.12. The van der Waals surface area contributed by atoms with Crippen molar-refractivity contribution in [1.29, 1.82) is 0 Å². The number of rotatable bonds is 6. The van der Waals surface area contributed by atoms with Gasteiger partial charge in [0.15, 0.2) is 5.16 Å². The number of hydrogen-bond acceptors (Lipinski definition) is 8. The van der Waals surface area contributed by atoms with Gasteiger partial charge in [0.2, 0.25) is 0 Å². The number of morpholine rings is 1. The first-order valence-corrected chi connectivity index (χ1v) is 9.11. The average molecular weight is 391 g/mol. The quantitative estimate of drug-likeness (QED) is 0.576. The molecular weight excluding hydrogens is 362 g/mol. The van der Waals surface area contributed by atoms with Gasteiger partial charge in [-0.25, -0.2) is 0 Å². The summed E-state index contributed by atoms with van der Waals surface area (Å²) < 4.78 is 7.39. The van der Waals surface area contributed by atoms with Gasteiger partial charge >= 0.3 is 0 Å². The van der Waals surface area contributed by atoms with E-state index < -0.39 is 11.9 Å². The van der Waals surface area contributed by atoms with E-state index in [4.69, 9.17) is 24.5 Å². The van der Waals surface area contributed by atoms with Gasteiger partial charge in [0.05, 0.1) is 19.8 Å². The van der Waals surface area contributed by atoms with Crippen LogP contribution in [-0.2, 0) is 27.9 Å². The van der Waals surface area contributed by atoms with E-state index >= 15 is 0 Å². The van der Waals surface area contributed by atoms with Crippen molar-refractivity contribution < 1.29 is 24.5 Å². The van der Waals surface area contributed by atoms with Crippen molar-refractivity contribution in [3.05, 3.63) is 5.82 Å². The van der Waals surface area contributed by atoms with Gasteiger partial charge in [-0.2, -0.15) is 0 Å². The maximum Gasteiger partial charge on any atom is 0.300 e. The molecule has 1 aromatic rings. The molecule has 0 bridgehead atoms. The van der Waals surface area contributed by atoms with Crippen LogP contribution in [0.2, 0.25) is 0 Å². The van der Waals surface area contributed by atoms with Gasteiger partial charge in [0.25, 0.3) is 11.9 Å². The molecule has 150 valence electrons. The average Bonchev–Trinajstić information content (AvgIpc) is 2.89. The van der Waals surface area contributed by atoms with Crippen molar-refractivity contribution >= 4 is 23.7 Å². The molecule has 0 atom stereocenters. The Morgan fingerprint density at radius 1 is 1.19 bits per heavy atom.